The van der Waals surface area contributed by atoms with Crippen LogP contribution in [-0.4, -0.2) is 6.54 Å². The molecule has 1 heterocycles. The second-order valence-corrected chi connectivity index (χ2v) is 3.66. The van der Waals surface area contributed by atoms with E-state index in [1.807, 2.05) is 0 Å². The first kappa shape index (κ1) is 7.87. The van der Waals surface area contributed by atoms with Crippen LogP contribution in [-0.2, 0) is 6.42 Å². The summed E-state index contributed by atoms with van der Waals surface area (Å²) < 4.78 is 5.36. The third kappa shape index (κ3) is 1.07. The van der Waals surface area contributed by atoms with Crippen molar-refractivity contribution in [2.45, 2.75) is 25.7 Å². The summed E-state index contributed by atoms with van der Waals surface area (Å²) in [5, 5.41) is 0. The summed E-state index contributed by atoms with van der Waals surface area (Å²) in [6, 6.07) is 2.10. The summed E-state index contributed by atoms with van der Waals surface area (Å²) in [5.41, 5.74) is 7.04. The van der Waals surface area contributed by atoms with Crippen molar-refractivity contribution < 1.29 is 4.42 Å². The Balaban J connectivity index is 2.22. The summed E-state index contributed by atoms with van der Waals surface area (Å²) in [5.74, 6) is 2.41. The Morgan fingerprint density at radius 3 is 3.33 bits per heavy atom. The van der Waals surface area contributed by atoms with Crippen molar-refractivity contribution in [3.8, 4) is 0 Å². The molecule has 0 saturated carbocycles. The maximum atomic E-state index is 5.65. The molecule has 1 aliphatic rings. The average Bonchev–Trinajstić information content (AvgIpc) is 2.62. The average molecular weight is 165 g/mol. The molecule has 12 heavy (non-hydrogen) atoms. The van der Waals surface area contributed by atoms with Gasteiger partial charge in [0, 0.05) is 6.42 Å². The van der Waals surface area contributed by atoms with Gasteiger partial charge >= 0.3 is 0 Å². The third-order valence-electron chi connectivity index (χ3n) is 2.92. The molecule has 0 radical (unpaired) electrons. The number of rotatable bonds is 2. The van der Waals surface area contributed by atoms with Gasteiger partial charge in [-0.3, -0.25) is 0 Å². The number of aryl methyl sites for hydroxylation is 1. The normalized spacial score (nSPS) is 24.0. The Labute approximate surface area is 72.7 Å². The van der Waals surface area contributed by atoms with Gasteiger partial charge < -0.3 is 10.2 Å². The summed E-state index contributed by atoms with van der Waals surface area (Å²) in [6.45, 7) is 2.99. The minimum absolute atomic E-state index is 0.587. The fourth-order valence-electron chi connectivity index (χ4n) is 2.08. The maximum absolute atomic E-state index is 5.65. The molecular formula is C10H15NO. The van der Waals surface area contributed by atoms with Crippen molar-refractivity contribution in [2.24, 2.45) is 11.7 Å². The van der Waals surface area contributed by atoms with E-state index in [1.54, 1.807) is 6.26 Å². The van der Waals surface area contributed by atoms with Crippen LogP contribution in [0.25, 0.3) is 0 Å². The smallest absolute Gasteiger partial charge is 0.107 e. The molecular weight excluding hydrogens is 150 g/mol. The van der Waals surface area contributed by atoms with Crippen molar-refractivity contribution in [3.05, 3.63) is 23.7 Å². The number of furan rings is 1. The quantitative estimate of drug-likeness (QED) is 0.727. The van der Waals surface area contributed by atoms with Gasteiger partial charge in [-0.2, -0.15) is 0 Å². The SMILES string of the molecule is CC(CN)C1CCc2occc21. The molecule has 2 nitrogen and oxygen atoms in total. The lowest BCUT2D eigenvalue weighted by Gasteiger charge is -2.16. The van der Waals surface area contributed by atoms with Gasteiger partial charge in [-0.05, 0) is 36.4 Å². The monoisotopic (exact) mass is 165 g/mol. The highest BCUT2D eigenvalue weighted by molar-refractivity contribution is 5.27. The number of hydrogen-bond acceptors (Lipinski definition) is 2. The summed E-state index contributed by atoms with van der Waals surface area (Å²) in [4.78, 5) is 0. The van der Waals surface area contributed by atoms with Crippen LogP contribution in [0.15, 0.2) is 16.7 Å². The molecule has 2 rings (SSSR count). The van der Waals surface area contributed by atoms with E-state index in [0.717, 1.165) is 13.0 Å². The number of hydrogen-bond donors (Lipinski definition) is 1. The van der Waals surface area contributed by atoms with E-state index in [1.165, 1.54) is 17.7 Å². The Hall–Kier alpha value is -0.760. The molecule has 0 bridgehead atoms. The van der Waals surface area contributed by atoms with Crippen molar-refractivity contribution in [1.29, 1.82) is 0 Å². The Morgan fingerprint density at radius 1 is 1.75 bits per heavy atom. The molecule has 0 spiro atoms. The van der Waals surface area contributed by atoms with Gasteiger partial charge in [0.1, 0.15) is 5.76 Å². The van der Waals surface area contributed by atoms with Gasteiger partial charge in [-0.25, -0.2) is 0 Å². The van der Waals surface area contributed by atoms with E-state index in [-0.39, 0.29) is 0 Å². The van der Waals surface area contributed by atoms with Crippen LogP contribution in [0.4, 0.5) is 0 Å². The van der Waals surface area contributed by atoms with E-state index < -0.39 is 0 Å². The summed E-state index contributed by atoms with van der Waals surface area (Å²) >= 11 is 0. The van der Waals surface area contributed by atoms with Gasteiger partial charge in [0.2, 0.25) is 0 Å². The molecule has 0 aromatic carbocycles. The van der Waals surface area contributed by atoms with Crippen molar-refractivity contribution >= 4 is 0 Å². The predicted molar refractivity (Wildman–Crippen MR) is 48.0 cm³/mol. The minimum Gasteiger partial charge on any atom is -0.469 e. The second kappa shape index (κ2) is 2.94. The Bertz CT molecular complexity index is 267. The van der Waals surface area contributed by atoms with E-state index in [0.29, 0.717) is 11.8 Å². The molecule has 0 fully saturated rings. The summed E-state index contributed by atoms with van der Waals surface area (Å²) in [7, 11) is 0. The first-order chi connectivity index (χ1) is 5.83. The van der Waals surface area contributed by atoms with Crippen LogP contribution >= 0.6 is 0 Å². The van der Waals surface area contributed by atoms with Crippen molar-refractivity contribution in [1.82, 2.24) is 0 Å². The molecule has 1 aromatic rings. The van der Waals surface area contributed by atoms with Crippen molar-refractivity contribution in [3.63, 3.8) is 0 Å². The molecule has 2 unspecified atom stereocenters. The van der Waals surface area contributed by atoms with Crippen LogP contribution in [0, 0.1) is 5.92 Å². The van der Waals surface area contributed by atoms with Gasteiger partial charge in [0.25, 0.3) is 0 Å². The van der Waals surface area contributed by atoms with Crippen LogP contribution in [0.3, 0.4) is 0 Å². The second-order valence-electron chi connectivity index (χ2n) is 3.66. The van der Waals surface area contributed by atoms with Gasteiger partial charge in [0.05, 0.1) is 6.26 Å². The molecule has 0 saturated heterocycles. The zero-order chi connectivity index (χ0) is 8.55. The van der Waals surface area contributed by atoms with Crippen molar-refractivity contribution in [2.75, 3.05) is 6.54 Å². The lowest BCUT2D eigenvalue weighted by molar-refractivity contribution is 0.461. The molecule has 1 aromatic heterocycles. The van der Waals surface area contributed by atoms with Gasteiger partial charge in [-0.1, -0.05) is 6.92 Å². The molecule has 0 aliphatic heterocycles. The Kier molecular flexibility index (Phi) is 1.93. The molecule has 2 atom stereocenters. The topological polar surface area (TPSA) is 39.2 Å². The third-order valence-corrected chi connectivity index (χ3v) is 2.92. The highest BCUT2D eigenvalue weighted by Crippen LogP contribution is 2.38. The van der Waals surface area contributed by atoms with E-state index in [2.05, 4.69) is 13.0 Å². The molecule has 1 aliphatic carbocycles. The van der Waals surface area contributed by atoms with Gasteiger partial charge in [0.15, 0.2) is 0 Å². The fourth-order valence-corrected chi connectivity index (χ4v) is 2.08. The standard InChI is InChI=1S/C10H15NO/c1-7(6-11)8-2-3-10-9(8)4-5-12-10/h4-5,7-8H,2-3,6,11H2,1H3. The molecule has 2 N–H and O–H groups in total. The van der Waals surface area contributed by atoms with E-state index in [4.69, 9.17) is 10.2 Å². The maximum Gasteiger partial charge on any atom is 0.107 e. The van der Waals surface area contributed by atoms with Crippen LogP contribution in [0.5, 0.6) is 0 Å². The largest absolute Gasteiger partial charge is 0.469 e. The van der Waals surface area contributed by atoms with Gasteiger partial charge in [-0.15, -0.1) is 0 Å². The minimum atomic E-state index is 0.587. The lowest BCUT2D eigenvalue weighted by atomic mass is 9.90. The lowest BCUT2D eigenvalue weighted by Crippen LogP contribution is -2.17. The molecule has 2 heteroatoms. The Morgan fingerprint density at radius 2 is 2.58 bits per heavy atom. The molecule has 0 amide bonds. The predicted octanol–water partition coefficient (Wildman–Crippen LogP) is 1.90. The van der Waals surface area contributed by atoms with E-state index in [9.17, 15) is 0 Å². The fraction of sp³-hybridized carbons (Fsp3) is 0.600. The number of nitrogens with two attached hydrogens (primary N) is 1. The van der Waals surface area contributed by atoms with Crippen LogP contribution in [0.2, 0.25) is 0 Å². The first-order valence-corrected chi connectivity index (χ1v) is 4.59. The number of fused-ring (bicyclic) bond motifs is 1. The first-order valence-electron chi connectivity index (χ1n) is 4.59. The van der Waals surface area contributed by atoms with E-state index >= 15 is 0 Å². The molecule has 66 valence electrons. The summed E-state index contributed by atoms with van der Waals surface area (Å²) in [6.07, 6.45) is 4.10. The zero-order valence-electron chi connectivity index (χ0n) is 7.42. The highest BCUT2D eigenvalue weighted by Gasteiger charge is 2.28. The van der Waals surface area contributed by atoms with Crippen LogP contribution in [0.1, 0.15) is 30.6 Å². The van der Waals surface area contributed by atoms with Crippen LogP contribution < -0.4 is 5.73 Å². The highest BCUT2D eigenvalue weighted by atomic mass is 16.3. The zero-order valence-corrected chi connectivity index (χ0v) is 7.42.